The van der Waals surface area contributed by atoms with Crippen LogP contribution < -0.4 is 15.3 Å². The van der Waals surface area contributed by atoms with Gasteiger partial charge in [0.1, 0.15) is 17.9 Å². The average molecular weight is 446 g/mol. The number of carboxylic acid groups (broad SMARTS) is 3. The van der Waals surface area contributed by atoms with Crippen LogP contribution in [-0.2, 0) is 47.1 Å². The maximum Gasteiger partial charge on any atom is 3.00 e. The summed E-state index contributed by atoms with van der Waals surface area (Å²) in [5.74, 6) is -9.02. The Morgan fingerprint density at radius 1 is 0.522 bits per heavy atom. The second-order valence-corrected chi connectivity index (χ2v) is 2.36. The first-order chi connectivity index (χ1) is 8.83. The minimum atomic E-state index is -5.19. The van der Waals surface area contributed by atoms with Crippen LogP contribution in [0.25, 0.3) is 0 Å². The van der Waals surface area contributed by atoms with Gasteiger partial charge in [0, 0.05) is 0 Å². The van der Waals surface area contributed by atoms with Gasteiger partial charge in [-0.25, -0.2) is 0 Å². The molecule has 134 valence electrons. The van der Waals surface area contributed by atoms with E-state index < -0.39 is 36.4 Å². The van der Waals surface area contributed by atoms with Crippen molar-refractivity contribution in [3.8, 4) is 0 Å². The molecule has 0 spiro atoms. The summed E-state index contributed by atoms with van der Waals surface area (Å²) < 4.78 is 94.6. The van der Waals surface area contributed by atoms with Crippen molar-refractivity contribution in [2.75, 3.05) is 0 Å². The van der Waals surface area contributed by atoms with Crippen LogP contribution in [0.1, 0.15) is 0 Å². The number of aliphatic carboxylic acids is 3. The third-order valence-corrected chi connectivity index (χ3v) is 0.694. The summed E-state index contributed by atoms with van der Waals surface area (Å²) in [6.45, 7) is 0. The van der Waals surface area contributed by atoms with E-state index in [4.69, 9.17) is 29.7 Å². The molecule has 17 heteroatoms. The fraction of sp³-hybridized carbons (Fsp3) is 0.500. The molecule has 0 radical (unpaired) electrons. The summed E-state index contributed by atoms with van der Waals surface area (Å²) >= 11 is 0. The minimum absolute atomic E-state index is 0. The molecule has 0 aliphatic carbocycles. The summed E-state index contributed by atoms with van der Waals surface area (Å²) in [5.41, 5.74) is 0. The van der Waals surface area contributed by atoms with Crippen molar-refractivity contribution < 1.29 is 107 Å². The number of carbonyl (C=O) groups excluding carboxylic acids is 3. The molecule has 0 rings (SSSR count). The molecule has 0 heterocycles. The first kappa shape index (κ1) is 33.5. The Morgan fingerprint density at radius 2 is 0.565 bits per heavy atom. The van der Waals surface area contributed by atoms with Crippen molar-refractivity contribution in [2.45, 2.75) is 18.5 Å². The Kier molecular flexibility index (Phi) is 17.9. The molecular weight excluding hydrogens is 444 g/mol. The molecule has 0 aromatic carbocycles. The largest absolute Gasteiger partial charge is 3.00 e. The fourth-order valence-corrected chi connectivity index (χ4v) is 0. The molecule has 0 aliphatic rings. The van der Waals surface area contributed by atoms with E-state index in [0.717, 1.165) is 0 Å². The van der Waals surface area contributed by atoms with E-state index >= 15 is 0 Å². The molecule has 0 aliphatic heterocycles. The van der Waals surface area contributed by atoms with Gasteiger partial charge in [-0.05, 0) is 0 Å². The predicted octanol–water partition coefficient (Wildman–Crippen LogP) is -2.93. The minimum Gasteiger partial charge on any atom is -0.542 e. The molecule has 2 N–H and O–H groups in total. The van der Waals surface area contributed by atoms with Crippen molar-refractivity contribution >= 4 is 17.9 Å². The number of hydrogen-bond acceptors (Lipinski definition) is 6. The van der Waals surface area contributed by atoms with Crippen molar-refractivity contribution in [1.82, 2.24) is 0 Å². The molecule has 0 saturated heterocycles. The zero-order valence-corrected chi connectivity index (χ0v) is 12.8. The van der Waals surface area contributed by atoms with Crippen LogP contribution >= 0.6 is 0 Å². The maximum atomic E-state index is 10.5. The number of carbonyl (C=O) groups is 3. The number of alkyl halides is 9. The fourth-order valence-electron chi connectivity index (χ4n) is 0. The molecule has 0 atom stereocenters. The summed E-state index contributed by atoms with van der Waals surface area (Å²) in [6, 6.07) is 0. The van der Waals surface area contributed by atoms with Crippen molar-refractivity contribution in [3.63, 3.8) is 0 Å². The Labute approximate surface area is 144 Å². The molecule has 0 fully saturated rings. The Morgan fingerprint density at radius 3 is 0.565 bits per heavy atom. The Balaban J connectivity index is -0.0000000675. The van der Waals surface area contributed by atoms with E-state index in [1.807, 2.05) is 0 Å². The van der Waals surface area contributed by atoms with E-state index in [9.17, 15) is 39.5 Å². The first-order valence-electron chi connectivity index (χ1n) is 3.68. The standard InChI is InChI=1S/3C2HF3O2.H2O.Y/c3*3-2(4,5)1(6)7;;/h3*(H,6,7);1H2;/q;;;;+3/p-3. The van der Waals surface area contributed by atoms with Gasteiger partial charge in [-0.2, -0.15) is 39.5 Å². The molecule has 0 saturated carbocycles. The second kappa shape index (κ2) is 12.3. The van der Waals surface area contributed by atoms with Gasteiger partial charge in [0.05, 0.1) is 0 Å². The van der Waals surface area contributed by atoms with E-state index in [0.29, 0.717) is 0 Å². The third kappa shape index (κ3) is 26.1. The van der Waals surface area contributed by atoms with Crippen LogP contribution in [0.3, 0.4) is 0 Å². The van der Waals surface area contributed by atoms with Gasteiger partial charge in [-0.3, -0.25) is 0 Å². The predicted molar refractivity (Wildman–Crippen MR) is 36.8 cm³/mol. The summed E-state index contributed by atoms with van der Waals surface area (Å²) in [5, 5.41) is 26.4. The van der Waals surface area contributed by atoms with Crippen molar-refractivity contribution in [1.29, 1.82) is 0 Å². The quantitative estimate of drug-likeness (QED) is 0.364. The van der Waals surface area contributed by atoms with Crippen LogP contribution in [0.4, 0.5) is 39.5 Å². The van der Waals surface area contributed by atoms with E-state index in [2.05, 4.69) is 0 Å². The normalized spacial score (nSPS) is 10.3. The van der Waals surface area contributed by atoms with Gasteiger partial charge >= 0.3 is 51.2 Å². The zero-order valence-electron chi connectivity index (χ0n) is 9.93. The van der Waals surface area contributed by atoms with Crippen LogP contribution in [0, 0.1) is 0 Å². The van der Waals surface area contributed by atoms with Crippen LogP contribution in [0.2, 0.25) is 0 Å². The van der Waals surface area contributed by atoms with E-state index in [1.165, 1.54) is 0 Å². The number of rotatable bonds is 0. The Bertz CT molecular complexity index is 315. The van der Waals surface area contributed by atoms with Gasteiger partial charge in [0.25, 0.3) is 0 Å². The summed E-state index contributed by atoms with van der Waals surface area (Å²) in [7, 11) is 0. The van der Waals surface area contributed by atoms with Crippen molar-refractivity contribution in [3.05, 3.63) is 0 Å². The number of halogens is 9. The van der Waals surface area contributed by atoms with E-state index in [1.54, 1.807) is 0 Å². The van der Waals surface area contributed by atoms with Crippen molar-refractivity contribution in [2.24, 2.45) is 0 Å². The Hall–Kier alpha value is -1.16. The topological polar surface area (TPSA) is 152 Å². The maximum absolute atomic E-state index is 10.5. The average Bonchev–Trinajstić information content (AvgIpc) is 2.14. The SMILES string of the molecule is O.O=C([O-])C(F)(F)F.O=C([O-])C(F)(F)F.O=C([O-])C(F)(F)F.[Y+3]. The number of carboxylic acids is 3. The smallest absolute Gasteiger partial charge is 0.542 e. The molecular formula is C6H2F9O7Y. The van der Waals surface area contributed by atoms with Gasteiger partial charge < -0.3 is 35.2 Å². The monoisotopic (exact) mass is 446 g/mol. The van der Waals surface area contributed by atoms with Crippen LogP contribution in [-0.4, -0.2) is 41.9 Å². The van der Waals surface area contributed by atoms with Gasteiger partial charge in [-0.1, -0.05) is 0 Å². The van der Waals surface area contributed by atoms with Gasteiger partial charge in [0.2, 0.25) is 0 Å². The molecule has 7 nitrogen and oxygen atoms in total. The second-order valence-electron chi connectivity index (χ2n) is 2.36. The van der Waals surface area contributed by atoms with E-state index in [-0.39, 0.29) is 38.2 Å². The third-order valence-electron chi connectivity index (χ3n) is 0.694. The van der Waals surface area contributed by atoms with Crippen LogP contribution in [0.5, 0.6) is 0 Å². The first-order valence-corrected chi connectivity index (χ1v) is 3.68. The van der Waals surface area contributed by atoms with Gasteiger partial charge in [0.15, 0.2) is 0 Å². The summed E-state index contributed by atoms with van der Waals surface area (Å²) in [4.78, 5) is 26.4. The van der Waals surface area contributed by atoms with Crippen LogP contribution in [0.15, 0.2) is 0 Å². The zero-order chi connectivity index (χ0) is 18.2. The number of hydrogen-bond donors (Lipinski definition) is 0. The molecule has 0 unspecified atom stereocenters. The molecule has 0 aromatic rings. The summed E-state index contributed by atoms with van der Waals surface area (Å²) in [6.07, 6.45) is -15.6. The molecule has 0 aromatic heterocycles. The van der Waals surface area contributed by atoms with Gasteiger partial charge in [-0.15, -0.1) is 0 Å². The molecule has 0 amide bonds. The molecule has 0 bridgehead atoms. The molecule has 23 heavy (non-hydrogen) atoms.